The smallest absolute Gasteiger partial charge is 0.369 e. The lowest BCUT2D eigenvalue weighted by Gasteiger charge is -2.29. The number of nitrogens with one attached hydrogen (secondary N) is 1. The van der Waals surface area contributed by atoms with E-state index in [1.807, 2.05) is 48.2 Å². The molecule has 3 aromatic rings. The Morgan fingerprint density at radius 1 is 0.913 bits per heavy atom. The van der Waals surface area contributed by atoms with E-state index in [1.54, 1.807) is 29.6 Å². The van der Waals surface area contributed by atoms with Crippen LogP contribution in [0.3, 0.4) is 0 Å². The van der Waals surface area contributed by atoms with Gasteiger partial charge in [0.05, 0.1) is 18.5 Å². The van der Waals surface area contributed by atoms with E-state index in [0.29, 0.717) is 60.3 Å². The van der Waals surface area contributed by atoms with Gasteiger partial charge in [-0.1, -0.05) is 61.9 Å². The van der Waals surface area contributed by atoms with Crippen LogP contribution >= 0.6 is 0 Å². The third-order valence-corrected chi connectivity index (χ3v) is 9.32. The molecule has 2 atom stereocenters. The monoisotopic (exact) mass is 647 g/mol. The fourth-order valence-electron chi connectivity index (χ4n) is 6.96. The number of carbonyl (C=O) groups excluding carboxylic acids is 2. The van der Waals surface area contributed by atoms with Gasteiger partial charge in [-0.3, -0.25) is 9.59 Å². The Morgan fingerprint density at radius 3 is 2.30 bits per heavy atom. The maximum Gasteiger partial charge on any atom is 0.459 e. The second-order valence-corrected chi connectivity index (χ2v) is 12.1. The number of nitrogens with zero attached hydrogens (tertiary/aromatic N) is 2. The van der Waals surface area contributed by atoms with Crippen molar-refractivity contribution in [1.29, 1.82) is 0 Å². The van der Waals surface area contributed by atoms with Crippen molar-refractivity contribution in [2.75, 3.05) is 24.5 Å². The highest BCUT2D eigenvalue weighted by atomic mass is 19.4. The third-order valence-electron chi connectivity index (χ3n) is 9.32. The molecule has 1 fully saturated rings. The molecule has 2 amide bonds. The van der Waals surface area contributed by atoms with Gasteiger partial charge < -0.3 is 15.1 Å². The molecule has 1 saturated heterocycles. The molecule has 5 nitrogen and oxygen atoms in total. The lowest BCUT2D eigenvalue weighted by atomic mass is 9.88. The third kappa shape index (κ3) is 5.19. The largest absolute Gasteiger partial charge is 0.459 e. The molecule has 1 aliphatic carbocycles. The molecule has 0 bridgehead atoms. The number of rotatable bonds is 9. The first-order valence-electron chi connectivity index (χ1n) is 15.3. The SMILES string of the molecule is CCCCc1c(N2CCC(N3Cc4ccccc4C3=O)C2)ccc2c1C(C(=O)NCC(F)(F)C(F)(F)C(F)(F)F)c1ccccc1-2. The first-order valence-corrected chi connectivity index (χ1v) is 15.3. The summed E-state index contributed by atoms with van der Waals surface area (Å²) in [5.74, 6) is -14.2. The van der Waals surface area contributed by atoms with Gasteiger partial charge in [0.15, 0.2) is 0 Å². The van der Waals surface area contributed by atoms with Gasteiger partial charge in [0.2, 0.25) is 5.91 Å². The van der Waals surface area contributed by atoms with E-state index in [-0.39, 0.29) is 11.9 Å². The Morgan fingerprint density at radius 2 is 1.61 bits per heavy atom. The van der Waals surface area contributed by atoms with Crippen molar-refractivity contribution < 1.29 is 40.3 Å². The molecule has 46 heavy (non-hydrogen) atoms. The van der Waals surface area contributed by atoms with Crippen molar-refractivity contribution in [3.05, 3.63) is 88.5 Å². The quantitative estimate of drug-likeness (QED) is 0.248. The summed E-state index contributed by atoms with van der Waals surface area (Å²) in [5.41, 5.74) is 5.59. The van der Waals surface area contributed by atoms with E-state index >= 15 is 0 Å². The summed E-state index contributed by atoms with van der Waals surface area (Å²) in [6, 6.07) is 18.0. The van der Waals surface area contributed by atoms with Gasteiger partial charge in [0.25, 0.3) is 5.91 Å². The molecule has 3 aliphatic rings. The molecule has 244 valence electrons. The molecule has 3 aromatic carbocycles. The van der Waals surface area contributed by atoms with E-state index in [1.165, 1.54) is 0 Å². The molecule has 0 saturated carbocycles. The standard InChI is InChI=1S/C34H32F7N3O2/c1-2-3-9-26-27(43-16-15-21(18-43)44-17-20-8-4-5-10-22(20)31(44)46)14-13-25-23-11-6-7-12-24(23)29(28(25)26)30(45)42-19-32(35,36)33(37,38)34(39,40)41/h4-8,10-14,21,29H,2-3,9,15-19H2,1H3,(H,42,45). The van der Waals surface area contributed by atoms with E-state index in [2.05, 4.69) is 4.90 Å². The molecule has 1 N–H and O–H groups in total. The minimum Gasteiger partial charge on any atom is -0.369 e. The Labute approximate surface area is 261 Å². The number of carbonyl (C=O) groups is 2. The fraction of sp³-hybridized carbons (Fsp3) is 0.412. The molecule has 6 rings (SSSR count). The van der Waals surface area contributed by atoms with Gasteiger partial charge in [-0.2, -0.15) is 30.7 Å². The highest BCUT2D eigenvalue weighted by Crippen LogP contribution is 2.50. The summed E-state index contributed by atoms with van der Waals surface area (Å²) in [6.07, 6.45) is -3.75. The molecular formula is C34H32F7N3O2. The number of fused-ring (bicyclic) bond motifs is 4. The van der Waals surface area contributed by atoms with Crippen LogP contribution in [0.4, 0.5) is 36.4 Å². The number of hydrogen-bond acceptors (Lipinski definition) is 3. The van der Waals surface area contributed by atoms with Gasteiger partial charge in [-0.05, 0) is 64.8 Å². The highest BCUT2D eigenvalue weighted by molar-refractivity contribution is 5.99. The van der Waals surface area contributed by atoms with E-state index in [0.717, 1.165) is 29.7 Å². The highest BCUT2D eigenvalue weighted by Gasteiger charge is 2.72. The van der Waals surface area contributed by atoms with Gasteiger partial charge in [0, 0.05) is 30.9 Å². The molecule has 2 aliphatic heterocycles. The maximum atomic E-state index is 14.2. The first kappa shape index (κ1) is 31.9. The van der Waals surface area contributed by atoms with Crippen LogP contribution in [0.1, 0.15) is 64.7 Å². The van der Waals surface area contributed by atoms with Crippen molar-refractivity contribution in [3.63, 3.8) is 0 Å². The molecule has 0 radical (unpaired) electrons. The van der Waals surface area contributed by atoms with Crippen LogP contribution in [-0.4, -0.2) is 60.4 Å². The molecule has 0 aromatic heterocycles. The predicted molar refractivity (Wildman–Crippen MR) is 158 cm³/mol. The lowest BCUT2D eigenvalue weighted by Crippen LogP contribution is -2.57. The van der Waals surface area contributed by atoms with Crippen molar-refractivity contribution in [1.82, 2.24) is 10.2 Å². The lowest BCUT2D eigenvalue weighted by molar-refractivity contribution is -0.352. The zero-order valence-electron chi connectivity index (χ0n) is 24.9. The zero-order valence-corrected chi connectivity index (χ0v) is 24.9. The molecular weight excluding hydrogens is 615 g/mol. The Bertz CT molecular complexity index is 1670. The van der Waals surface area contributed by atoms with E-state index in [4.69, 9.17) is 0 Å². The fourth-order valence-corrected chi connectivity index (χ4v) is 6.96. The minimum absolute atomic E-state index is 0.0253. The number of amides is 2. The summed E-state index contributed by atoms with van der Waals surface area (Å²) in [4.78, 5) is 30.8. The summed E-state index contributed by atoms with van der Waals surface area (Å²) in [6.45, 7) is 1.46. The van der Waals surface area contributed by atoms with E-state index < -0.39 is 36.4 Å². The normalized spacial score (nSPS) is 19.3. The number of halogens is 7. The van der Waals surface area contributed by atoms with Crippen LogP contribution in [0.5, 0.6) is 0 Å². The second kappa shape index (κ2) is 11.6. The number of alkyl halides is 7. The molecule has 12 heteroatoms. The van der Waals surface area contributed by atoms with Crippen molar-refractivity contribution in [2.45, 2.75) is 69.1 Å². The summed E-state index contributed by atoms with van der Waals surface area (Å²) >= 11 is 0. The van der Waals surface area contributed by atoms with Gasteiger partial charge in [-0.15, -0.1) is 0 Å². The van der Waals surface area contributed by atoms with Crippen molar-refractivity contribution in [3.8, 4) is 11.1 Å². The molecule has 0 spiro atoms. The Hall–Kier alpha value is -4.09. The maximum absolute atomic E-state index is 14.2. The topological polar surface area (TPSA) is 52.7 Å². The Balaban J connectivity index is 1.32. The predicted octanol–water partition coefficient (Wildman–Crippen LogP) is 7.33. The van der Waals surface area contributed by atoms with Crippen molar-refractivity contribution in [2.24, 2.45) is 0 Å². The Kier molecular flexibility index (Phi) is 8.05. The van der Waals surface area contributed by atoms with Crippen LogP contribution in [0.15, 0.2) is 60.7 Å². The summed E-state index contributed by atoms with van der Waals surface area (Å²) in [7, 11) is 0. The van der Waals surface area contributed by atoms with Crippen LogP contribution in [0.2, 0.25) is 0 Å². The van der Waals surface area contributed by atoms with Crippen molar-refractivity contribution >= 4 is 17.5 Å². The number of hydrogen-bond donors (Lipinski definition) is 1. The number of unbranched alkanes of at least 4 members (excludes halogenated alkanes) is 1. The second-order valence-electron chi connectivity index (χ2n) is 12.1. The minimum atomic E-state index is -6.49. The first-order chi connectivity index (χ1) is 21.8. The molecule has 2 heterocycles. The zero-order chi connectivity index (χ0) is 33.0. The van der Waals surface area contributed by atoms with Crippen LogP contribution in [0, 0.1) is 0 Å². The molecule has 2 unspecified atom stereocenters. The van der Waals surface area contributed by atoms with E-state index in [9.17, 15) is 40.3 Å². The van der Waals surface area contributed by atoms with Crippen LogP contribution in [0.25, 0.3) is 11.1 Å². The summed E-state index contributed by atoms with van der Waals surface area (Å²) < 4.78 is 94.0. The van der Waals surface area contributed by atoms with Gasteiger partial charge >= 0.3 is 18.0 Å². The van der Waals surface area contributed by atoms with Crippen LogP contribution in [-0.2, 0) is 17.8 Å². The average Bonchev–Trinajstić information content (AvgIpc) is 3.72. The van der Waals surface area contributed by atoms with Gasteiger partial charge in [0.1, 0.15) is 0 Å². The number of anilines is 1. The summed E-state index contributed by atoms with van der Waals surface area (Å²) in [5, 5.41) is 1.73. The van der Waals surface area contributed by atoms with Gasteiger partial charge in [-0.25, -0.2) is 0 Å². The van der Waals surface area contributed by atoms with Crippen LogP contribution < -0.4 is 10.2 Å². The average molecular weight is 648 g/mol. The number of benzene rings is 3.